The third-order valence-corrected chi connectivity index (χ3v) is 4.05. The lowest BCUT2D eigenvalue weighted by Crippen LogP contribution is -2.30. The molecule has 19 heavy (non-hydrogen) atoms. The SMILES string of the molecule is COCC(C)CNS(=O)(=O)c1cccc(C(C)=O)c1. The Balaban J connectivity index is 2.83. The highest BCUT2D eigenvalue weighted by molar-refractivity contribution is 7.89. The Morgan fingerprint density at radius 3 is 2.68 bits per heavy atom. The number of sulfonamides is 1. The second-order valence-corrected chi connectivity index (χ2v) is 6.26. The van der Waals surface area contributed by atoms with Gasteiger partial charge in [0.1, 0.15) is 0 Å². The van der Waals surface area contributed by atoms with Crippen molar-refractivity contribution in [2.75, 3.05) is 20.3 Å². The Kier molecular flexibility index (Phi) is 5.65. The summed E-state index contributed by atoms with van der Waals surface area (Å²) in [6.45, 7) is 4.06. The first-order valence-electron chi connectivity index (χ1n) is 5.96. The molecule has 1 aromatic carbocycles. The normalized spacial score (nSPS) is 13.2. The lowest BCUT2D eigenvalue weighted by molar-refractivity contribution is 0.101. The third-order valence-electron chi connectivity index (χ3n) is 2.62. The largest absolute Gasteiger partial charge is 0.384 e. The van der Waals surface area contributed by atoms with Crippen LogP contribution in [0, 0.1) is 5.92 Å². The Hall–Kier alpha value is -1.24. The van der Waals surface area contributed by atoms with Crippen molar-refractivity contribution in [1.82, 2.24) is 4.72 Å². The summed E-state index contributed by atoms with van der Waals surface area (Å²) < 4.78 is 31.6. The van der Waals surface area contributed by atoms with Gasteiger partial charge in [0.05, 0.1) is 4.90 Å². The van der Waals surface area contributed by atoms with E-state index >= 15 is 0 Å². The van der Waals surface area contributed by atoms with Crippen LogP contribution in [0.3, 0.4) is 0 Å². The number of ketones is 1. The average molecular weight is 285 g/mol. The van der Waals surface area contributed by atoms with E-state index in [4.69, 9.17) is 4.74 Å². The molecule has 0 aliphatic carbocycles. The van der Waals surface area contributed by atoms with E-state index in [0.717, 1.165) is 0 Å². The van der Waals surface area contributed by atoms with Crippen molar-refractivity contribution in [3.63, 3.8) is 0 Å². The van der Waals surface area contributed by atoms with Gasteiger partial charge in [-0.1, -0.05) is 19.1 Å². The van der Waals surface area contributed by atoms with E-state index < -0.39 is 10.0 Å². The Morgan fingerprint density at radius 1 is 1.42 bits per heavy atom. The van der Waals surface area contributed by atoms with E-state index in [1.165, 1.54) is 19.1 Å². The number of carbonyl (C=O) groups is 1. The summed E-state index contributed by atoms with van der Waals surface area (Å²) >= 11 is 0. The molecule has 0 spiro atoms. The summed E-state index contributed by atoms with van der Waals surface area (Å²) in [6, 6.07) is 6.00. The topological polar surface area (TPSA) is 72.5 Å². The number of benzene rings is 1. The molecule has 1 atom stereocenters. The van der Waals surface area contributed by atoms with Crippen LogP contribution in [0.4, 0.5) is 0 Å². The van der Waals surface area contributed by atoms with Crippen molar-refractivity contribution >= 4 is 15.8 Å². The zero-order valence-electron chi connectivity index (χ0n) is 11.3. The van der Waals surface area contributed by atoms with E-state index in [1.54, 1.807) is 19.2 Å². The fourth-order valence-electron chi connectivity index (χ4n) is 1.56. The minimum Gasteiger partial charge on any atom is -0.384 e. The molecule has 0 fully saturated rings. The minimum atomic E-state index is -3.59. The molecule has 1 N–H and O–H groups in total. The number of Topliss-reactive ketones (excluding diaryl/α,β-unsaturated/α-hetero) is 1. The van der Waals surface area contributed by atoms with Crippen LogP contribution in [-0.4, -0.2) is 34.5 Å². The van der Waals surface area contributed by atoms with Crippen molar-refractivity contribution in [2.24, 2.45) is 5.92 Å². The molecule has 1 unspecified atom stereocenters. The summed E-state index contributed by atoms with van der Waals surface area (Å²) in [6.07, 6.45) is 0. The Morgan fingerprint density at radius 2 is 2.11 bits per heavy atom. The quantitative estimate of drug-likeness (QED) is 0.770. The van der Waals surface area contributed by atoms with Crippen molar-refractivity contribution in [3.8, 4) is 0 Å². The lowest BCUT2D eigenvalue weighted by Gasteiger charge is -2.12. The van der Waals surface area contributed by atoms with Gasteiger partial charge in [0.25, 0.3) is 0 Å². The number of nitrogens with one attached hydrogen (secondary N) is 1. The summed E-state index contributed by atoms with van der Waals surface area (Å²) in [5.74, 6) is -0.0828. The van der Waals surface area contributed by atoms with Gasteiger partial charge in [-0.2, -0.15) is 0 Å². The van der Waals surface area contributed by atoms with Crippen LogP contribution in [0.25, 0.3) is 0 Å². The molecule has 0 saturated heterocycles. The fourth-order valence-corrected chi connectivity index (χ4v) is 2.77. The van der Waals surface area contributed by atoms with Crippen molar-refractivity contribution < 1.29 is 17.9 Å². The highest BCUT2D eigenvalue weighted by atomic mass is 32.2. The van der Waals surface area contributed by atoms with Gasteiger partial charge in [0, 0.05) is 25.8 Å². The molecule has 1 rings (SSSR count). The number of hydrogen-bond donors (Lipinski definition) is 1. The molecule has 0 bridgehead atoms. The average Bonchev–Trinajstić information content (AvgIpc) is 2.37. The van der Waals surface area contributed by atoms with Gasteiger partial charge in [-0.3, -0.25) is 4.79 Å². The predicted octanol–water partition coefficient (Wildman–Crippen LogP) is 1.45. The molecule has 0 aliphatic rings. The molecular formula is C13H19NO4S. The first kappa shape index (κ1) is 15.8. The van der Waals surface area contributed by atoms with Crippen LogP contribution in [0.15, 0.2) is 29.2 Å². The second kappa shape index (κ2) is 6.79. The molecule has 0 aliphatic heterocycles. The van der Waals surface area contributed by atoms with Crippen LogP contribution in [0.1, 0.15) is 24.2 Å². The van der Waals surface area contributed by atoms with E-state index in [1.807, 2.05) is 6.92 Å². The number of methoxy groups -OCH3 is 1. The summed E-state index contributed by atoms with van der Waals surface area (Å²) in [5.41, 5.74) is 0.382. The maximum absolute atomic E-state index is 12.1. The molecule has 0 saturated carbocycles. The number of rotatable bonds is 7. The fraction of sp³-hybridized carbons (Fsp3) is 0.462. The molecule has 5 nitrogen and oxygen atoms in total. The van der Waals surface area contributed by atoms with Crippen LogP contribution in [0.2, 0.25) is 0 Å². The first-order chi connectivity index (χ1) is 8.86. The summed E-state index contributed by atoms with van der Waals surface area (Å²) in [4.78, 5) is 11.3. The van der Waals surface area contributed by atoms with Gasteiger partial charge in [0.15, 0.2) is 5.78 Å². The van der Waals surface area contributed by atoms with Gasteiger partial charge in [-0.15, -0.1) is 0 Å². The number of carbonyl (C=O) groups excluding carboxylic acids is 1. The number of hydrogen-bond acceptors (Lipinski definition) is 4. The molecule has 6 heteroatoms. The molecule has 0 aromatic heterocycles. The van der Waals surface area contributed by atoms with E-state index in [-0.39, 0.29) is 16.6 Å². The van der Waals surface area contributed by atoms with Gasteiger partial charge >= 0.3 is 0 Å². The van der Waals surface area contributed by atoms with Crippen molar-refractivity contribution in [1.29, 1.82) is 0 Å². The van der Waals surface area contributed by atoms with Crippen LogP contribution >= 0.6 is 0 Å². The molecule has 1 aromatic rings. The molecular weight excluding hydrogens is 266 g/mol. The van der Waals surface area contributed by atoms with Crippen LogP contribution < -0.4 is 4.72 Å². The molecule has 0 heterocycles. The molecule has 0 radical (unpaired) electrons. The third kappa shape index (κ3) is 4.74. The monoisotopic (exact) mass is 285 g/mol. The summed E-state index contributed by atoms with van der Waals surface area (Å²) in [7, 11) is -2.02. The smallest absolute Gasteiger partial charge is 0.240 e. The lowest BCUT2D eigenvalue weighted by atomic mass is 10.2. The van der Waals surface area contributed by atoms with Crippen LogP contribution in [0.5, 0.6) is 0 Å². The number of ether oxygens (including phenoxy) is 1. The van der Waals surface area contributed by atoms with Gasteiger partial charge in [0.2, 0.25) is 10.0 Å². The van der Waals surface area contributed by atoms with Gasteiger partial charge in [-0.25, -0.2) is 13.1 Å². The van der Waals surface area contributed by atoms with E-state index in [2.05, 4.69) is 4.72 Å². The highest BCUT2D eigenvalue weighted by Gasteiger charge is 2.16. The zero-order chi connectivity index (χ0) is 14.5. The molecule has 0 amide bonds. The molecule has 106 valence electrons. The first-order valence-corrected chi connectivity index (χ1v) is 7.44. The second-order valence-electron chi connectivity index (χ2n) is 4.50. The van der Waals surface area contributed by atoms with Crippen molar-refractivity contribution in [3.05, 3.63) is 29.8 Å². The Labute approximate surface area is 114 Å². The van der Waals surface area contributed by atoms with Gasteiger partial charge in [-0.05, 0) is 25.0 Å². The highest BCUT2D eigenvalue weighted by Crippen LogP contribution is 2.12. The maximum atomic E-state index is 12.1. The van der Waals surface area contributed by atoms with E-state index in [9.17, 15) is 13.2 Å². The van der Waals surface area contributed by atoms with Gasteiger partial charge < -0.3 is 4.74 Å². The standard InChI is InChI=1S/C13H19NO4S/c1-10(9-18-3)8-14-19(16,17)13-6-4-5-12(7-13)11(2)15/h4-7,10,14H,8-9H2,1-3H3. The summed E-state index contributed by atoms with van der Waals surface area (Å²) in [5, 5.41) is 0. The minimum absolute atomic E-state index is 0.0794. The predicted molar refractivity (Wildman–Crippen MR) is 72.7 cm³/mol. The Bertz CT molecular complexity index is 539. The zero-order valence-corrected chi connectivity index (χ0v) is 12.2. The van der Waals surface area contributed by atoms with E-state index in [0.29, 0.717) is 18.7 Å². The van der Waals surface area contributed by atoms with Crippen LogP contribution in [-0.2, 0) is 14.8 Å². The maximum Gasteiger partial charge on any atom is 0.240 e. The van der Waals surface area contributed by atoms with Crippen molar-refractivity contribution in [2.45, 2.75) is 18.7 Å².